The van der Waals surface area contributed by atoms with E-state index in [9.17, 15) is 19.2 Å². The molecule has 7 heteroatoms. The molecule has 3 amide bonds. The number of nitrogens with zero attached hydrogens (tertiary/aromatic N) is 1. The van der Waals surface area contributed by atoms with Crippen molar-refractivity contribution in [2.45, 2.75) is 19.4 Å². The van der Waals surface area contributed by atoms with E-state index in [2.05, 4.69) is 5.32 Å². The maximum atomic E-state index is 12.4. The molecule has 1 heterocycles. The third-order valence-electron chi connectivity index (χ3n) is 3.26. The van der Waals surface area contributed by atoms with E-state index in [1.165, 1.54) is 29.2 Å². The van der Waals surface area contributed by atoms with Gasteiger partial charge in [0.15, 0.2) is 0 Å². The van der Waals surface area contributed by atoms with Crippen LogP contribution in [-0.4, -0.2) is 46.3 Å². The highest BCUT2D eigenvalue weighted by molar-refractivity contribution is 6.07. The van der Waals surface area contributed by atoms with Crippen LogP contribution in [0.2, 0.25) is 0 Å². The van der Waals surface area contributed by atoms with Gasteiger partial charge in [-0.1, -0.05) is 13.0 Å². The number of carbonyl (C=O) groups excluding carboxylic acids is 3. The van der Waals surface area contributed by atoms with Gasteiger partial charge in [0.25, 0.3) is 5.91 Å². The molecule has 1 aliphatic rings. The van der Waals surface area contributed by atoms with Crippen LogP contribution in [0.25, 0.3) is 0 Å². The first-order valence-corrected chi connectivity index (χ1v) is 6.42. The second-order valence-electron chi connectivity index (χ2n) is 4.66. The first-order valence-electron chi connectivity index (χ1n) is 6.42. The first kappa shape index (κ1) is 14.7. The van der Waals surface area contributed by atoms with Gasteiger partial charge in [-0.15, -0.1) is 0 Å². The number of hydrogen-bond acceptors (Lipinski definition) is 4. The van der Waals surface area contributed by atoms with Gasteiger partial charge in [0.1, 0.15) is 12.6 Å². The van der Waals surface area contributed by atoms with E-state index in [1.54, 1.807) is 6.92 Å². The van der Waals surface area contributed by atoms with Gasteiger partial charge in [0.05, 0.1) is 5.56 Å². The molecule has 110 valence electrons. The maximum absolute atomic E-state index is 12.4. The molecule has 0 spiro atoms. The van der Waals surface area contributed by atoms with Crippen LogP contribution in [-0.2, 0) is 9.59 Å². The number of carboxylic acid groups (broad SMARTS) is 1. The SMILES string of the molecule is CCC1C(=O)NC(=O)CN1C(=O)c1cccc(C(=O)O)c1. The summed E-state index contributed by atoms with van der Waals surface area (Å²) in [6, 6.07) is 4.77. The summed E-state index contributed by atoms with van der Waals surface area (Å²) < 4.78 is 0. The van der Waals surface area contributed by atoms with Crippen molar-refractivity contribution in [2.75, 3.05) is 6.54 Å². The van der Waals surface area contributed by atoms with Crippen LogP contribution >= 0.6 is 0 Å². The Kier molecular flexibility index (Phi) is 4.02. The third-order valence-corrected chi connectivity index (χ3v) is 3.26. The zero-order chi connectivity index (χ0) is 15.6. The summed E-state index contributed by atoms with van der Waals surface area (Å²) in [5.74, 6) is -2.75. The van der Waals surface area contributed by atoms with Gasteiger partial charge >= 0.3 is 5.97 Å². The molecule has 2 N–H and O–H groups in total. The normalized spacial score (nSPS) is 18.3. The highest BCUT2D eigenvalue weighted by atomic mass is 16.4. The summed E-state index contributed by atoms with van der Waals surface area (Å²) in [6.45, 7) is 1.51. The van der Waals surface area contributed by atoms with E-state index in [4.69, 9.17) is 5.11 Å². The van der Waals surface area contributed by atoms with E-state index in [-0.39, 0.29) is 17.7 Å². The lowest BCUT2D eigenvalue weighted by Gasteiger charge is -2.33. The largest absolute Gasteiger partial charge is 0.478 e. The van der Waals surface area contributed by atoms with Crippen molar-refractivity contribution in [1.29, 1.82) is 0 Å². The Bertz CT molecular complexity index is 626. The van der Waals surface area contributed by atoms with Crippen LogP contribution in [0.4, 0.5) is 0 Å². The molecule has 1 fully saturated rings. The second kappa shape index (κ2) is 5.74. The number of aromatic carboxylic acids is 1. The van der Waals surface area contributed by atoms with E-state index in [1.807, 2.05) is 0 Å². The van der Waals surface area contributed by atoms with Gasteiger partial charge in [-0.3, -0.25) is 19.7 Å². The molecule has 1 aliphatic heterocycles. The number of benzene rings is 1. The van der Waals surface area contributed by atoms with Gasteiger partial charge in [-0.25, -0.2) is 4.79 Å². The quantitative estimate of drug-likeness (QED) is 0.777. The average molecular weight is 290 g/mol. The summed E-state index contributed by atoms with van der Waals surface area (Å²) >= 11 is 0. The number of nitrogens with one attached hydrogen (secondary N) is 1. The van der Waals surface area contributed by atoms with Gasteiger partial charge in [0, 0.05) is 5.56 Å². The molecule has 7 nitrogen and oxygen atoms in total. The number of carbonyl (C=O) groups is 4. The molecule has 1 saturated heterocycles. The lowest BCUT2D eigenvalue weighted by molar-refractivity contribution is -0.138. The zero-order valence-electron chi connectivity index (χ0n) is 11.3. The predicted octanol–water partition coefficient (Wildman–Crippen LogP) is 0.262. The minimum absolute atomic E-state index is 0.0262. The Morgan fingerprint density at radius 1 is 1.33 bits per heavy atom. The van der Waals surface area contributed by atoms with Gasteiger partial charge in [-0.2, -0.15) is 0 Å². The number of amides is 3. The third kappa shape index (κ3) is 2.91. The topological polar surface area (TPSA) is 104 Å². The molecule has 1 aromatic rings. The molecule has 0 bridgehead atoms. The Morgan fingerprint density at radius 3 is 2.62 bits per heavy atom. The highest BCUT2D eigenvalue weighted by Gasteiger charge is 2.35. The molecule has 0 aliphatic carbocycles. The van der Waals surface area contributed by atoms with Gasteiger partial charge in [0.2, 0.25) is 11.8 Å². The van der Waals surface area contributed by atoms with Crippen molar-refractivity contribution < 1.29 is 24.3 Å². The van der Waals surface area contributed by atoms with Crippen LogP contribution in [0.3, 0.4) is 0 Å². The van der Waals surface area contributed by atoms with Crippen molar-refractivity contribution in [3.05, 3.63) is 35.4 Å². The summed E-state index contributed by atoms with van der Waals surface area (Å²) in [7, 11) is 0. The Hall–Kier alpha value is -2.70. The summed E-state index contributed by atoms with van der Waals surface area (Å²) in [6.07, 6.45) is 0.365. The van der Waals surface area contributed by atoms with Crippen LogP contribution in [0.15, 0.2) is 24.3 Å². The summed E-state index contributed by atoms with van der Waals surface area (Å²) in [4.78, 5) is 47.7. The molecule has 1 aromatic carbocycles. The molecular weight excluding hydrogens is 276 g/mol. The maximum Gasteiger partial charge on any atom is 0.335 e. The Labute approximate surface area is 120 Å². The number of piperazine rings is 1. The molecule has 21 heavy (non-hydrogen) atoms. The monoisotopic (exact) mass is 290 g/mol. The summed E-state index contributed by atoms with van der Waals surface area (Å²) in [5, 5.41) is 11.1. The summed E-state index contributed by atoms with van der Waals surface area (Å²) in [5.41, 5.74) is 0.109. The molecule has 2 rings (SSSR count). The molecular formula is C14H14N2O5. The molecule has 0 saturated carbocycles. The second-order valence-corrected chi connectivity index (χ2v) is 4.66. The fourth-order valence-corrected chi connectivity index (χ4v) is 2.24. The molecule has 1 atom stereocenters. The molecule has 1 unspecified atom stereocenters. The predicted molar refractivity (Wildman–Crippen MR) is 71.7 cm³/mol. The standard InChI is InChI=1S/C14H14N2O5/c1-2-10-12(18)15-11(17)7-16(10)13(19)8-4-3-5-9(6-8)14(20)21/h3-6,10H,2,7H2,1H3,(H,20,21)(H,15,17,18). The number of carboxylic acids is 1. The minimum Gasteiger partial charge on any atom is -0.478 e. The van der Waals surface area contributed by atoms with Crippen LogP contribution in [0.5, 0.6) is 0 Å². The Balaban J connectivity index is 2.33. The fourth-order valence-electron chi connectivity index (χ4n) is 2.24. The van der Waals surface area contributed by atoms with Crippen molar-refractivity contribution in [3.8, 4) is 0 Å². The minimum atomic E-state index is -1.15. The van der Waals surface area contributed by atoms with Gasteiger partial charge < -0.3 is 10.0 Å². The van der Waals surface area contributed by atoms with Crippen LogP contribution < -0.4 is 5.32 Å². The van der Waals surface area contributed by atoms with E-state index in [0.29, 0.717) is 6.42 Å². The number of rotatable bonds is 3. The van der Waals surface area contributed by atoms with Gasteiger partial charge in [-0.05, 0) is 24.6 Å². The molecule has 0 radical (unpaired) electrons. The highest BCUT2D eigenvalue weighted by Crippen LogP contribution is 2.15. The zero-order valence-corrected chi connectivity index (χ0v) is 11.3. The van der Waals surface area contributed by atoms with Crippen molar-refractivity contribution in [2.24, 2.45) is 0 Å². The average Bonchev–Trinajstić information content (AvgIpc) is 2.45. The first-order chi connectivity index (χ1) is 9.93. The fraction of sp³-hybridized carbons (Fsp3) is 0.286. The van der Waals surface area contributed by atoms with E-state index in [0.717, 1.165) is 0 Å². The number of hydrogen-bond donors (Lipinski definition) is 2. The van der Waals surface area contributed by atoms with Crippen molar-refractivity contribution in [3.63, 3.8) is 0 Å². The van der Waals surface area contributed by atoms with Crippen LogP contribution in [0.1, 0.15) is 34.1 Å². The van der Waals surface area contributed by atoms with Crippen molar-refractivity contribution >= 4 is 23.7 Å². The van der Waals surface area contributed by atoms with E-state index < -0.39 is 29.7 Å². The lowest BCUT2D eigenvalue weighted by Crippen LogP contribution is -2.59. The van der Waals surface area contributed by atoms with E-state index >= 15 is 0 Å². The van der Waals surface area contributed by atoms with Crippen molar-refractivity contribution in [1.82, 2.24) is 10.2 Å². The molecule has 0 aromatic heterocycles. The smallest absolute Gasteiger partial charge is 0.335 e. The van der Waals surface area contributed by atoms with Crippen LogP contribution in [0, 0.1) is 0 Å². The Morgan fingerprint density at radius 2 is 2.00 bits per heavy atom. The lowest BCUT2D eigenvalue weighted by atomic mass is 10.1. The number of imide groups is 1.